The fourth-order valence-corrected chi connectivity index (χ4v) is 3.02. The molecule has 26 heavy (non-hydrogen) atoms. The second-order valence-electron chi connectivity index (χ2n) is 6.90. The molecule has 7 heteroatoms. The van der Waals surface area contributed by atoms with Crippen molar-refractivity contribution in [2.24, 2.45) is 11.7 Å². The number of urea groups is 1. The first-order chi connectivity index (χ1) is 12.7. The first-order valence-corrected chi connectivity index (χ1v) is 9.39. The zero-order valence-electron chi connectivity index (χ0n) is 15.2. The van der Waals surface area contributed by atoms with Crippen molar-refractivity contribution < 1.29 is 14.3 Å². The standard InChI is InChI=1S/C19H28N4O3/c20-8-1-9-23(18(24)16-4-5-16)14-15-2-6-17(7-3-15)21-19(25)22-10-12-26-13-11-22/h2-3,6-7,16H,1,4-5,8-14,20H2,(H,21,25). The van der Waals surface area contributed by atoms with Crippen LogP contribution in [0.1, 0.15) is 24.8 Å². The van der Waals surface area contributed by atoms with Gasteiger partial charge in [0.2, 0.25) is 5.91 Å². The molecule has 1 aromatic carbocycles. The van der Waals surface area contributed by atoms with E-state index in [1.54, 1.807) is 4.90 Å². The average Bonchev–Trinajstić information content (AvgIpc) is 3.52. The Kier molecular flexibility index (Phi) is 6.46. The molecule has 142 valence electrons. The minimum Gasteiger partial charge on any atom is -0.378 e. The fourth-order valence-electron chi connectivity index (χ4n) is 3.02. The molecule has 3 rings (SSSR count). The van der Waals surface area contributed by atoms with Crippen LogP contribution in [0.15, 0.2) is 24.3 Å². The van der Waals surface area contributed by atoms with Crippen LogP contribution in [0.3, 0.4) is 0 Å². The van der Waals surface area contributed by atoms with Gasteiger partial charge in [-0.05, 0) is 43.5 Å². The van der Waals surface area contributed by atoms with Gasteiger partial charge in [0.05, 0.1) is 13.2 Å². The summed E-state index contributed by atoms with van der Waals surface area (Å²) in [6.45, 7) is 4.27. The van der Waals surface area contributed by atoms with Crippen LogP contribution in [-0.2, 0) is 16.1 Å². The minimum absolute atomic E-state index is 0.102. The Labute approximate surface area is 154 Å². The van der Waals surface area contributed by atoms with Crippen LogP contribution in [0.2, 0.25) is 0 Å². The lowest BCUT2D eigenvalue weighted by Gasteiger charge is -2.27. The summed E-state index contributed by atoms with van der Waals surface area (Å²) >= 11 is 0. The van der Waals surface area contributed by atoms with E-state index in [0.29, 0.717) is 45.9 Å². The first kappa shape index (κ1) is 18.7. The van der Waals surface area contributed by atoms with E-state index >= 15 is 0 Å². The molecule has 3 N–H and O–H groups in total. The smallest absolute Gasteiger partial charge is 0.321 e. The SMILES string of the molecule is NCCCN(Cc1ccc(NC(=O)N2CCOCC2)cc1)C(=O)C1CC1. The van der Waals surface area contributed by atoms with Gasteiger partial charge < -0.3 is 25.6 Å². The van der Waals surface area contributed by atoms with Crippen molar-refractivity contribution in [2.45, 2.75) is 25.8 Å². The second kappa shape index (κ2) is 9.00. The summed E-state index contributed by atoms with van der Waals surface area (Å²) < 4.78 is 5.26. The third kappa shape index (κ3) is 5.19. The van der Waals surface area contributed by atoms with E-state index in [1.165, 1.54) is 0 Å². The highest BCUT2D eigenvalue weighted by Crippen LogP contribution is 2.31. The van der Waals surface area contributed by atoms with Crippen LogP contribution in [0.25, 0.3) is 0 Å². The summed E-state index contributed by atoms with van der Waals surface area (Å²) in [4.78, 5) is 28.3. The summed E-state index contributed by atoms with van der Waals surface area (Å²) in [7, 11) is 0. The molecule has 0 bridgehead atoms. The van der Waals surface area contributed by atoms with Crippen molar-refractivity contribution in [2.75, 3.05) is 44.7 Å². The number of hydrogen-bond acceptors (Lipinski definition) is 4. The number of carbonyl (C=O) groups excluding carboxylic acids is 2. The van der Waals surface area contributed by atoms with Gasteiger partial charge in [-0.3, -0.25) is 4.79 Å². The molecule has 0 radical (unpaired) electrons. The van der Waals surface area contributed by atoms with Crippen LogP contribution >= 0.6 is 0 Å². The summed E-state index contributed by atoms with van der Waals surface area (Å²) in [6.07, 6.45) is 2.82. The van der Waals surface area contributed by atoms with Crippen molar-refractivity contribution in [1.29, 1.82) is 0 Å². The Bertz CT molecular complexity index is 610. The van der Waals surface area contributed by atoms with E-state index < -0.39 is 0 Å². The van der Waals surface area contributed by atoms with Gasteiger partial charge in [0, 0.05) is 37.8 Å². The maximum absolute atomic E-state index is 12.4. The van der Waals surface area contributed by atoms with Crippen LogP contribution in [0.4, 0.5) is 10.5 Å². The van der Waals surface area contributed by atoms with E-state index in [9.17, 15) is 9.59 Å². The van der Waals surface area contributed by atoms with Gasteiger partial charge in [-0.1, -0.05) is 12.1 Å². The number of amides is 3. The highest BCUT2D eigenvalue weighted by atomic mass is 16.5. The summed E-state index contributed by atoms with van der Waals surface area (Å²) in [5.74, 6) is 0.447. The molecule has 1 saturated carbocycles. The first-order valence-electron chi connectivity index (χ1n) is 9.39. The molecule has 0 atom stereocenters. The van der Waals surface area contributed by atoms with Crippen molar-refractivity contribution in [1.82, 2.24) is 9.80 Å². The highest BCUT2D eigenvalue weighted by molar-refractivity contribution is 5.89. The molecule has 1 heterocycles. The zero-order chi connectivity index (χ0) is 18.4. The number of morpholine rings is 1. The lowest BCUT2D eigenvalue weighted by Crippen LogP contribution is -2.43. The molecule has 0 spiro atoms. The number of hydrogen-bond donors (Lipinski definition) is 2. The summed E-state index contributed by atoms with van der Waals surface area (Å²) in [6, 6.07) is 7.59. The van der Waals surface area contributed by atoms with Gasteiger partial charge in [-0.15, -0.1) is 0 Å². The summed E-state index contributed by atoms with van der Waals surface area (Å²) in [5.41, 5.74) is 7.41. The molecular formula is C19H28N4O3. The number of nitrogens with one attached hydrogen (secondary N) is 1. The largest absolute Gasteiger partial charge is 0.378 e. The lowest BCUT2D eigenvalue weighted by molar-refractivity contribution is -0.133. The number of anilines is 1. The Hall–Kier alpha value is -2.12. The number of carbonyl (C=O) groups is 2. The molecule has 7 nitrogen and oxygen atoms in total. The second-order valence-corrected chi connectivity index (χ2v) is 6.90. The molecule has 1 aromatic rings. The quantitative estimate of drug-likeness (QED) is 0.774. The molecular weight excluding hydrogens is 332 g/mol. The van der Waals surface area contributed by atoms with E-state index in [0.717, 1.165) is 30.5 Å². The van der Waals surface area contributed by atoms with Crippen molar-refractivity contribution in [3.8, 4) is 0 Å². The van der Waals surface area contributed by atoms with Crippen molar-refractivity contribution in [3.05, 3.63) is 29.8 Å². The molecule has 2 fully saturated rings. The minimum atomic E-state index is -0.102. The maximum Gasteiger partial charge on any atom is 0.321 e. The van der Waals surface area contributed by atoms with Gasteiger partial charge in [0.25, 0.3) is 0 Å². The molecule has 0 aromatic heterocycles. The van der Waals surface area contributed by atoms with Crippen LogP contribution in [0.5, 0.6) is 0 Å². The molecule has 0 unspecified atom stereocenters. The third-order valence-electron chi connectivity index (χ3n) is 4.75. The Morgan fingerprint density at radius 1 is 1.19 bits per heavy atom. The van der Waals surface area contributed by atoms with E-state index in [2.05, 4.69) is 5.32 Å². The molecule has 3 amide bonds. The van der Waals surface area contributed by atoms with Crippen LogP contribution < -0.4 is 11.1 Å². The van der Waals surface area contributed by atoms with Gasteiger partial charge in [-0.2, -0.15) is 0 Å². The predicted octanol–water partition coefficient (Wildman–Crippen LogP) is 1.64. The van der Waals surface area contributed by atoms with Gasteiger partial charge >= 0.3 is 6.03 Å². The van der Waals surface area contributed by atoms with Crippen LogP contribution in [-0.4, -0.2) is 61.1 Å². The zero-order valence-corrected chi connectivity index (χ0v) is 15.2. The van der Waals surface area contributed by atoms with Crippen molar-refractivity contribution >= 4 is 17.6 Å². The lowest BCUT2D eigenvalue weighted by atomic mass is 10.1. The average molecular weight is 360 g/mol. The molecule has 1 aliphatic carbocycles. The molecule has 2 aliphatic rings. The Balaban J connectivity index is 1.55. The monoisotopic (exact) mass is 360 g/mol. The number of nitrogens with zero attached hydrogens (tertiary/aromatic N) is 2. The Morgan fingerprint density at radius 3 is 2.50 bits per heavy atom. The fraction of sp³-hybridized carbons (Fsp3) is 0.579. The van der Waals surface area contributed by atoms with E-state index in [-0.39, 0.29) is 17.9 Å². The molecule has 1 aliphatic heterocycles. The van der Waals surface area contributed by atoms with Gasteiger partial charge in [-0.25, -0.2) is 4.79 Å². The topological polar surface area (TPSA) is 87.9 Å². The number of rotatable bonds is 7. The normalized spacial score (nSPS) is 17.0. The van der Waals surface area contributed by atoms with Gasteiger partial charge in [0.15, 0.2) is 0 Å². The van der Waals surface area contributed by atoms with Gasteiger partial charge in [0.1, 0.15) is 0 Å². The number of benzene rings is 1. The highest BCUT2D eigenvalue weighted by Gasteiger charge is 2.33. The predicted molar refractivity (Wildman–Crippen MR) is 99.7 cm³/mol. The van der Waals surface area contributed by atoms with Crippen molar-refractivity contribution in [3.63, 3.8) is 0 Å². The summed E-state index contributed by atoms with van der Waals surface area (Å²) in [5, 5.41) is 2.91. The third-order valence-corrected chi connectivity index (χ3v) is 4.75. The van der Waals surface area contributed by atoms with E-state index in [1.807, 2.05) is 29.2 Å². The molecule has 1 saturated heterocycles. The Morgan fingerprint density at radius 2 is 1.88 bits per heavy atom. The van der Waals surface area contributed by atoms with E-state index in [4.69, 9.17) is 10.5 Å². The maximum atomic E-state index is 12.4. The van der Waals surface area contributed by atoms with Crippen LogP contribution in [0, 0.1) is 5.92 Å². The number of nitrogens with two attached hydrogens (primary N) is 1. The number of ether oxygens (including phenoxy) is 1.